The normalized spacial score (nSPS) is 23.2. The van der Waals surface area contributed by atoms with E-state index in [2.05, 4.69) is 27.0 Å². The molecule has 7 rings (SSSR count). The van der Waals surface area contributed by atoms with Crippen LogP contribution in [0, 0.1) is 11.7 Å². The average molecular weight is 557 g/mol. The minimum atomic E-state index is -0.365. The summed E-state index contributed by atoms with van der Waals surface area (Å²) in [5.74, 6) is 2.41. The zero-order valence-corrected chi connectivity index (χ0v) is 23.1. The number of carbonyl (C=O) groups is 2. The summed E-state index contributed by atoms with van der Waals surface area (Å²) < 4.78 is 26.9. The molecule has 0 unspecified atom stereocenters. The number of anilines is 1. The number of amides is 1. The molecule has 1 amide bonds. The number of pyridine rings is 1. The predicted molar refractivity (Wildman–Crippen MR) is 151 cm³/mol. The van der Waals surface area contributed by atoms with E-state index in [1.165, 1.54) is 6.07 Å². The Balaban J connectivity index is 1.01. The van der Waals surface area contributed by atoms with Gasteiger partial charge < -0.3 is 19.7 Å². The first-order valence-electron chi connectivity index (χ1n) is 14.5. The number of Topliss-reactive ketones (excluding diaryl/α,β-unsaturated/α-hetero) is 1. The molecule has 2 fully saturated rings. The highest BCUT2D eigenvalue weighted by atomic mass is 19.1. The van der Waals surface area contributed by atoms with Gasteiger partial charge in [0.25, 0.3) is 0 Å². The highest BCUT2D eigenvalue weighted by molar-refractivity contribution is 5.97. The fourth-order valence-electron chi connectivity index (χ4n) is 6.49. The van der Waals surface area contributed by atoms with E-state index in [4.69, 9.17) is 9.47 Å². The van der Waals surface area contributed by atoms with Gasteiger partial charge in [0.05, 0.1) is 0 Å². The number of hydrogen-bond acceptors (Lipinski definition) is 7. The van der Waals surface area contributed by atoms with Gasteiger partial charge in [-0.3, -0.25) is 14.5 Å². The van der Waals surface area contributed by atoms with E-state index < -0.39 is 0 Å². The summed E-state index contributed by atoms with van der Waals surface area (Å²) in [4.78, 5) is 34.0. The van der Waals surface area contributed by atoms with E-state index in [0.717, 1.165) is 55.2 Å². The Morgan fingerprint density at radius 1 is 1.10 bits per heavy atom. The van der Waals surface area contributed by atoms with E-state index in [1.807, 2.05) is 24.3 Å². The molecule has 9 heteroatoms. The second kappa shape index (κ2) is 10.5. The van der Waals surface area contributed by atoms with E-state index in [9.17, 15) is 14.0 Å². The highest BCUT2D eigenvalue weighted by Gasteiger charge is 2.59. The molecular weight excluding hydrogens is 523 g/mol. The number of ether oxygens (including phenoxy) is 2. The minimum absolute atomic E-state index is 0.0443. The van der Waals surface area contributed by atoms with Gasteiger partial charge in [0.1, 0.15) is 35.0 Å². The fraction of sp³-hybridized carbons (Fsp3) is 0.406. The molecule has 3 aliphatic heterocycles. The summed E-state index contributed by atoms with van der Waals surface area (Å²) >= 11 is 0. The van der Waals surface area contributed by atoms with E-state index in [0.29, 0.717) is 48.7 Å². The summed E-state index contributed by atoms with van der Waals surface area (Å²) in [6, 6.07) is 12.3. The number of hydrogen-bond donors (Lipinski definition) is 1. The van der Waals surface area contributed by atoms with Gasteiger partial charge in [-0.05, 0) is 61.0 Å². The number of rotatable bonds is 8. The van der Waals surface area contributed by atoms with Crippen molar-refractivity contribution < 1.29 is 23.5 Å². The number of benzene rings is 2. The molecule has 3 aromatic rings. The lowest BCUT2D eigenvalue weighted by molar-refractivity contribution is -0.116. The molecule has 1 saturated heterocycles. The number of piperazine rings is 1. The van der Waals surface area contributed by atoms with Crippen LogP contribution in [0.3, 0.4) is 0 Å². The Bertz CT molecular complexity index is 1520. The summed E-state index contributed by atoms with van der Waals surface area (Å²) in [5, 5.41) is 2.80. The molecule has 1 saturated carbocycles. The average Bonchev–Trinajstić information content (AvgIpc) is 3.49. The highest BCUT2D eigenvalue weighted by Crippen LogP contribution is 2.60. The SMILES string of the molecule is CCN1CCN(Cc2cc(F)cc(C(=O)C[C@@H]3[C@H]4Oc5ccc(Oc6ccnc7c6CCC(=O)N7)cc5[C@@H]34)c2)CC1. The van der Waals surface area contributed by atoms with Crippen molar-refractivity contribution >= 4 is 17.5 Å². The summed E-state index contributed by atoms with van der Waals surface area (Å²) in [6.45, 7) is 7.78. The monoisotopic (exact) mass is 556 g/mol. The van der Waals surface area contributed by atoms with E-state index in [-0.39, 0.29) is 35.4 Å². The number of aromatic nitrogens is 1. The van der Waals surface area contributed by atoms with Crippen LogP contribution in [0.2, 0.25) is 0 Å². The third kappa shape index (κ3) is 5.20. The van der Waals surface area contributed by atoms with Crippen molar-refractivity contribution in [2.45, 2.75) is 44.8 Å². The van der Waals surface area contributed by atoms with Crippen molar-refractivity contribution in [3.8, 4) is 17.2 Å². The van der Waals surface area contributed by atoms with Crippen molar-refractivity contribution in [3.05, 3.63) is 76.7 Å². The molecule has 4 aliphatic rings. The zero-order chi connectivity index (χ0) is 28.1. The van der Waals surface area contributed by atoms with Gasteiger partial charge in [0.2, 0.25) is 5.91 Å². The summed E-state index contributed by atoms with van der Waals surface area (Å²) in [7, 11) is 0. The standard InChI is InChI=1S/C32H33FN4O4/c1-2-36-9-11-37(12-10-36)18-19-13-20(15-21(33)14-19)26(38)17-25-30-24-16-22(3-5-27(24)41-31(25)30)40-28-7-8-34-32-23(28)4-6-29(39)35-32/h3,5,7-8,13-16,25,30-31H,2,4,6,9-12,17-18H2,1H3,(H,34,35,39)/t25-,30-,31+/m0/s1. The van der Waals surface area contributed by atoms with Gasteiger partial charge in [-0.1, -0.05) is 6.92 Å². The van der Waals surface area contributed by atoms with Gasteiger partial charge in [-0.25, -0.2) is 9.37 Å². The maximum atomic E-state index is 14.5. The van der Waals surface area contributed by atoms with E-state index >= 15 is 0 Å². The second-order valence-corrected chi connectivity index (χ2v) is 11.4. The van der Waals surface area contributed by atoms with Crippen molar-refractivity contribution in [2.75, 3.05) is 38.0 Å². The maximum absolute atomic E-state index is 14.5. The Hall–Kier alpha value is -3.82. The van der Waals surface area contributed by atoms with Gasteiger partial charge in [-0.15, -0.1) is 0 Å². The Morgan fingerprint density at radius 3 is 2.76 bits per heavy atom. The van der Waals surface area contributed by atoms with Crippen LogP contribution in [0.5, 0.6) is 17.2 Å². The largest absolute Gasteiger partial charge is 0.489 e. The first-order valence-corrected chi connectivity index (χ1v) is 14.5. The van der Waals surface area contributed by atoms with Crippen molar-refractivity contribution in [1.82, 2.24) is 14.8 Å². The third-order valence-electron chi connectivity index (χ3n) is 8.82. The number of ketones is 1. The van der Waals surface area contributed by atoms with Crippen molar-refractivity contribution in [2.24, 2.45) is 5.92 Å². The third-order valence-corrected chi connectivity index (χ3v) is 8.82. The van der Waals surface area contributed by atoms with Gasteiger partial charge in [-0.2, -0.15) is 0 Å². The number of fused-ring (bicyclic) bond motifs is 4. The molecule has 8 nitrogen and oxygen atoms in total. The van der Waals surface area contributed by atoms with Crippen LogP contribution in [0.4, 0.5) is 10.2 Å². The van der Waals surface area contributed by atoms with Crippen LogP contribution < -0.4 is 14.8 Å². The number of carbonyl (C=O) groups excluding carboxylic acids is 2. The number of nitrogens with one attached hydrogen (secondary N) is 1. The van der Waals surface area contributed by atoms with Gasteiger partial charge >= 0.3 is 0 Å². The quantitative estimate of drug-likeness (QED) is 0.400. The lowest BCUT2D eigenvalue weighted by atomic mass is 10.00. The minimum Gasteiger partial charge on any atom is -0.489 e. The maximum Gasteiger partial charge on any atom is 0.225 e. The van der Waals surface area contributed by atoms with Gasteiger partial charge in [0, 0.05) is 80.3 Å². The number of likely N-dealkylation sites (N-methyl/N-ethyl adjacent to an activating group) is 1. The van der Waals surface area contributed by atoms with Crippen LogP contribution in [0.15, 0.2) is 48.7 Å². The molecule has 4 heterocycles. The van der Waals surface area contributed by atoms with Crippen LogP contribution in [0.1, 0.15) is 52.7 Å². The van der Waals surface area contributed by atoms with Crippen LogP contribution >= 0.6 is 0 Å². The molecule has 41 heavy (non-hydrogen) atoms. The van der Waals surface area contributed by atoms with Crippen molar-refractivity contribution in [1.29, 1.82) is 0 Å². The summed E-state index contributed by atoms with van der Waals surface area (Å²) in [6.07, 6.45) is 2.87. The molecule has 1 N–H and O–H groups in total. The van der Waals surface area contributed by atoms with Crippen LogP contribution in [-0.2, 0) is 17.8 Å². The second-order valence-electron chi connectivity index (χ2n) is 11.4. The molecule has 212 valence electrons. The molecular formula is C32H33FN4O4. The van der Waals surface area contributed by atoms with Crippen LogP contribution in [0.25, 0.3) is 0 Å². The van der Waals surface area contributed by atoms with Gasteiger partial charge in [0.15, 0.2) is 5.78 Å². The Labute approximate surface area is 238 Å². The Kier molecular flexibility index (Phi) is 6.71. The predicted octanol–water partition coefficient (Wildman–Crippen LogP) is 4.78. The van der Waals surface area contributed by atoms with Crippen molar-refractivity contribution in [3.63, 3.8) is 0 Å². The molecule has 1 aromatic heterocycles. The molecule has 2 aromatic carbocycles. The molecule has 0 bridgehead atoms. The topological polar surface area (TPSA) is 84.0 Å². The van der Waals surface area contributed by atoms with Crippen LogP contribution in [-0.4, -0.2) is 65.3 Å². The number of nitrogens with zero attached hydrogens (tertiary/aromatic N) is 3. The number of halogens is 1. The lowest BCUT2D eigenvalue weighted by Gasteiger charge is -2.34. The zero-order valence-electron chi connectivity index (χ0n) is 23.1. The smallest absolute Gasteiger partial charge is 0.225 e. The first-order chi connectivity index (χ1) is 19.9. The lowest BCUT2D eigenvalue weighted by Crippen LogP contribution is -2.45. The summed E-state index contributed by atoms with van der Waals surface area (Å²) in [5.41, 5.74) is 3.20. The molecule has 1 aliphatic carbocycles. The fourth-order valence-corrected chi connectivity index (χ4v) is 6.49. The first kappa shape index (κ1) is 26.1. The van der Waals surface area contributed by atoms with E-state index in [1.54, 1.807) is 18.3 Å². The Morgan fingerprint density at radius 2 is 1.93 bits per heavy atom. The molecule has 0 spiro atoms. The molecule has 0 radical (unpaired) electrons. The molecule has 3 atom stereocenters.